The highest BCUT2D eigenvalue weighted by Crippen LogP contribution is 2.24. The van der Waals surface area contributed by atoms with Crippen LogP contribution in [0.5, 0.6) is 5.75 Å². The molecule has 1 unspecified atom stereocenters. The van der Waals surface area contributed by atoms with E-state index in [0.717, 1.165) is 28.4 Å². The van der Waals surface area contributed by atoms with Crippen molar-refractivity contribution in [1.29, 1.82) is 5.26 Å². The maximum atomic E-state index is 13.0. The maximum absolute atomic E-state index is 13.0. The molecule has 0 aliphatic heterocycles. The van der Waals surface area contributed by atoms with Crippen molar-refractivity contribution in [3.63, 3.8) is 0 Å². The second-order valence-corrected chi connectivity index (χ2v) is 7.30. The molecule has 0 aliphatic carbocycles. The minimum atomic E-state index is -0.478. The van der Waals surface area contributed by atoms with Crippen molar-refractivity contribution in [2.45, 2.75) is 27.7 Å². The van der Waals surface area contributed by atoms with Gasteiger partial charge >= 0.3 is 5.97 Å². The van der Waals surface area contributed by atoms with Crippen LogP contribution in [0.25, 0.3) is 11.8 Å². The quantitative estimate of drug-likeness (QED) is 0.367. The van der Waals surface area contributed by atoms with Crippen molar-refractivity contribution in [2.24, 2.45) is 5.92 Å². The van der Waals surface area contributed by atoms with Crippen LogP contribution in [0.15, 0.2) is 35.9 Å². The lowest BCUT2D eigenvalue weighted by atomic mass is 10.1. The predicted molar refractivity (Wildman–Crippen MR) is 119 cm³/mol. The zero-order valence-electron chi connectivity index (χ0n) is 18.9. The highest BCUT2D eigenvalue weighted by atomic mass is 16.5. The number of rotatable bonds is 8. The molecule has 1 amide bonds. The summed E-state index contributed by atoms with van der Waals surface area (Å²) in [6, 6.07) is 11.6. The fourth-order valence-electron chi connectivity index (χ4n) is 3.49. The average Bonchev–Trinajstić information content (AvgIpc) is 3.07. The van der Waals surface area contributed by atoms with Gasteiger partial charge in [0.1, 0.15) is 17.4 Å². The van der Waals surface area contributed by atoms with E-state index in [9.17, 15) is 14.9 Å². The first-order valence-corrected chi connectivity index (χ1v) is 10.1. The molecule has 1 atom stereocenters. The van der Waals surface area contributed by atoms with E-state index in [1.165, 1.54) is 12.0 Å². The van der Waals surface area contributed by atoms with Crippen LogP contribution >= 0.6 is 0 Å². The maximum Gasteiger partial charge on any atom is 0.310 e. The molecule has 1 heterocycles. The van der Waals surface area contributed by atoms with E-state index in [-0.39, 0.29) is 12.1 Å². The molecular formula is C24H29N3O4. The topological polar surface area (TPSA) is 84.6 Å². The molecule has 31 heavy (non-hydrogen) atoms. The fourth-order valence-corrected chi connectivity index (χ4v) is 3.49. The van der Waals surface area contributed by atoms with E-state index >= 15 is 0 Å². The Morgan fingerprint density at radius 3 is 2.39 bits per heavy atom. The number of benzene rings is 1. The van der Waals surface area contributed by atoms with Gasteiger partial charge in [0.05, 0.1) is 20.1 Å². The molecule has 7 heteroatoms. The van der Waals surface area contributed by atoms with Crippen LogP contribution in [0.1, 0.15) is 30.8 Å². The van der Waals surface area contributed by atoms with Crippen molar-refractivity contribution < 1.29 is 19.1 Å². The van der Waals surface area contributed by atoms with Gasteiger partial charge in [-0.25, -0.2) is 0 Å². The van der Waals surface area contributed by atoms with Crippen LogP contribution in [-0.2, 0) is 14.3 Å². The molecule has 0 saturated carbocycles. The van der Waals surface area contributed by atoms with Crippen LogP contribution in [0.2, 0.25) is 0 Å². The van der Waals surface area contributed by atoms with Gasteiger partial charge in [0.2, 0.25) is 0 Å². The number of esters is 1. The Kier molecular flexibility index (Phi) is 8.03. The van der Waals surface area contributed by atoms with Gasteiger partial charge in [-0.1, -0.05) is 6.92 Å². The second-order valence-electron chi connectivity index (χ2n) is 7.30. The number of aryl methyl sites for hydroxylation is 1. The van der Waals surface area contributed by atoms with Crippen LogP contribution in [0.4, 0.5) is 0 Å². The monoisotopic (exact) mass is 423 g/mol. The van der Waals surface area contributed by atoms with Crippen LogP contribution in [0, 0.1) is 31.1 Å². The molecule has 0 spiro atoms. The molecule has 0 N–H and O–H groups in total. The van der Waals surface area contributed by atoms with Gasteiger partial charge in [-0.2, -0.15) is 5.26 Å². The van der Waals surface area contributed by atoms with Gasteiger partial charge in [-0.05, 0) is 62.7 Å². The Labute approximate surface area is 183 Å². The van der Waals surface area contributed by atoms with Crippen molar-refractivity contribution in [2.75, 3.05) is 27.3 Å². The van der Waals surface area contributed by atoms with Crippen molar-refractivity contribution in [3.8, 4) is 17.5 Å². The molecule has 1 aromatic carbocycles. The van der Waals surface area contributed by atoms with Crippen molar-refractivity contribution >= 4 is 18.0 Å². The standard InChI is InChI=1S/C24H29N3O4/c1-7-26(15-16(2)24(29)31-6)23(28)20(14-25)13-19-12-17(3)27(18(19)4)21-8-10-22(30-5)11-9-21/h8-13,16H,7,15H2,1-6H3/b20-13-. The van der Waals surface area contributed by atoms with Gasteiger partial charge in [0, 0.05) is 30.2 Å². The van der Waals surface area contributed by atoms with E-state index in [2.05, 4.69) is 4.57 Å². The Hall–Kier alpha value is -3.53. The Morgan fingerprint density at radius 1 is 1.23 bits per heavy atom. The number of hydrogen-bond acceptors (Lipinski definition) is 5. The summed E-state index contributed by atoms with van der Waals surface area (Å²) in [5, 5.41) is 9.66. The molecule has 0 fully saturated rings. The highest BCUT2D eigenvalue weighted by Gasteiger charge is 2.23. The normalized spacial score (nSPS) is 12.1. The predicted octanol–water partition coefficient (Wildman–Crippen LogP) is 3.67. The molecule has 164 valence electrons. The number of aromatic nitrogens is 1. The van der Waals surface area contributed by atoms with E-state index in [1.807, 2.05) is 57.2 Å². The Balaban J connectivity index is 2.36. The molecule has 2 aromatic rings. The van der Waals surface area contributed by atoms with Gasteiger partial charge < -0.3 is 18.9 Å². The number of carbonyl (C=O) groups excluding carboxylic acids is 2. The lowest BCUT2D eigenvalue weighted by molar-refractivity contribution is -0.146. The third-order valence-corrected chi connectivity index (χ3v) is 5.22. The summed E-state index contributed by atoms with van der Waals surface area (Å²) in [6.07, 6.45) is 1.61. The van der Waals surface area contributed by atoms with E-state index in [1.54, 1.807) is 20.1 Å². The third kappa shape index (κ3) is 5.34. The number of methoxy groups -OCH3 is 2. The molecule has 7 nitrogen and oxygen atoms in total. The molecule has 0 saturated heterocycles. The van der Waals surface area contributed by atoms with E-state index in [0.29, 0.717) is 6.54 Å². The number of nitriles is 1. The first kappa shape index (κ1) is 23.7. The minimum Gasteiger partial charge on any atom is -0.497 e. The zero-order valence-corrected chi connectivity index (χ0v) is 18.9. The molecule has 2 rings (SSSR count). The molecule has 0 bridgehead atoms. The number of hydrogen-bond donors (Lipinski definition) is 0. The largest absolute Gasteiger partial charge is 0.497 e. The van der Waals surface area contributed by atoms with Gasteiger partial charge in [0.15, 0.2) is 0 Å². The first-order valence-electron chi connectivity index (χ1n) is 10.1. The summed E-state index contributed by atoms with van der Waals surface area (Å²) in [4.78, 5) is 26.2. The summed E-state index contributed by atoms with van der Waals surface area (Å²) in [6.45, 7) is 7.99. The number of ether oxygens (including phenoxy) is 2. The minimum absolute atomic E-state index is 0.0221. The third-order valence-electron chi connectivity index (χ3n) is 5.22. The highest BCUT2D eigenvalue weighted by molar-refractivity contribution is 6.02. The number of likely N-dealkylation sites (N-methyl/N-ethyl adjacent to an activating group) is 1. The average molecular weight is 424 g/mol. The molecular weight excluding hydrogens is 394 g/mol. The van der Waals surface area contributed by atoms with Crippen molar-refractivity contribution in [3.05, 3.63) is 52.9 Å². The summed E-state index contributed by atoms with van der Waals surface area (Å²) in [5.74, 6) is -0.509. The fraction of sp³-hybridized carbons (Fsp3) is 0.375. The Bertz CT molecular complexity index is 1010. The summed E-state index contributed by atoms with van der Waals surface area (Å²) >= 11 is 0. The Morgan fingerprint density at radius 2 is 1.87 bits per heavy atom. The molecule has 0 aliphatic rings. The lowest BCUT2D eigenvalue weighted by Gasteiger charge is -2.23. The second kappa shape index (κ2) is 10.5. The van der Waals surface area contributed by atoms with Crippen LogP contribution in [-0.4, -0.2) is 48.7 Å². The van der Waals surface area contributed by atoms with E-state index in [4.69, 9.17) is 9.47 Å². The van der Waals surface area contributed by atoms with Gasteiger partial charge in [-0.3, -0.25) is 9.59 Å². The summed E-state index contributed by atoms with van der Waals surface area (Å²) in [7, 11) is 2.94. The summed E-state index contributed by atoms with van der Waals surface area (Å²) < 4.78 is 12.0. The molecule has 0 radical (unpaired) electrons. The van der Waals surface area contributed by atoms with Gasteiger partial charge in [0.25, 0.3) is 5.91 Å². The van der Waals surface area contributed by atoms with Crippen LogP contribution in [0.3, 0.4) is 0 Å². The smallest absolute Gasteiger partial charge is 0.310 e. The SMILES string of the molecule is CCN(CC(C)C(=O)OC)C(=O)/C(C#N)=C\c1cc(C)n(-c2ccc(OC)cc2)c1C. The lowest BCUT2D eigenvalue weighted by Crippen LogP contribution is -2.37. The summed E-state index contributed by atoms with van der Waals surface area (Å²) in [5.41, 5.74) is 3.66. The number of nitrogens with zero attached hydrogens (tertiary/aromatic N) is 3. The van der Waals surface area contributed by atoms with Gasteiger partial charge in [-0.15, -0.1) is 0 Å². The number of carbonyl (C=O) groups is 2. The number of amides is 1. The zero-order chi connectivity index (χ0) is 23.1. The van der Waals surface area contributed by atoms with Crippen LogP contribution < -0.4 is 4.74 Å². The molecule has 1 aromatic heterocycles. The first-order chi connectivity index (χ1) is 14.8. The van der Waals surface area contributed by atoms with E-state index < -0.39 is 17.8 Å². The van der Waals surface area contributed by atoms with Crippen molar-refractivity contribution in [1.82, 2.24) is 9.47 Å².